The second-order valence-corrected chi connectivity index (χ2v) is 4.61. The van der Waals surface area contributed by atoms with Crippen LogP contribution in [0, 0.1) is 6.92 Å². The Morgan fingerprint density at radius 1 is 1.39 bits per heavy atom. The number of hydrogen-bond donors (Lipinski definition) is 1. The van der Waals surface area contributed by atoms with Crippen LogP contribution in [0.3, 0.4) is 0 Å². The predicted octanol–water partition coefficient (Wildman–Crippen LogP) is 2.71. The minimum atomic E-state index is 0.266. The molecule has 3 heteroatoms. The molecule has 0 saturated heterocycles. The minimum absolute atomic E-state index is 0.266. The molecule has 1 unspecified atom stereocenters. The van der Waals surface area contributed by atoms with Crippen molar-refractivity contribution in [3.63, 3.8) is 0 Å². The summed E-state index contributed by atoms with van der Waals surface area (Å²) in [5.74, 6) is 1.11. The van der Waals surface area contributed by atoms with Crippen LogP contribution in [0.15, 0.2) is 36.7 Å². The van der Waals surface area contributed by atoms with Gasteiger partial charge in [0, 0.05) is 18.9 Å². The van der Waals surface area contributed by atoms with Crippen molar-refractivity contribution >= 4 is 0 Å². The molecule has 0 fully saturated rings. The minimum Gasteiger partial charge on any atom is -0.334 e. The fourth-order valence-corrected chi connectivity index (χ4v) is 2.30. The average molecular weight is 243 g/mol. The summed E-state index contributed by atoms with van der Waals surface area (Å²) in [5, 5.41) is 3.36. The molecule has 3 nitrogen and oxygen atoms in total. The first-order chi connectivity index (χ1) is 8.74. The topological polar surface area (TPSA) is 29.9 Å². The maximum absolute atomic E-state index is 4.48. The molecule has 2 rings (SSSR count). The lowest BCUT2D eigenvalue weighted by Gasteiger charge is -2.17. The van der Waals surface area contributed by atoms with Crippen molar-refractivity contribution in [2.45, 2.75) is 32.9 Å². The summed E-state index contributed by atoms with van der Waals surface area (Å²) in [5.41, 5.74) is 2.65. The summed E-state index contributed by atoms with van der Waals surface area (Å²) >= 11 is 0. The molecule has 2 aromatic rings. The SMILES string of the molecule is CCn1ccnc1C(Cc1cccc(C)c1)NC. The van der Waals surface area contributed by atoms with Crippen molar-refractivity contribution in [2.75, 3.05) is 7.05 Å². The molecule has 0 saturated carbocycles. The summed E-state index contributed by atoms with van der Waals surface area (Å²) in [6, 6.07) is 8.93. The molecular formula is C15H21N3. The van der Waals surface area contributed by atoms with Crippen LogP contribution in [0.1, 0.15) is 29.9 Å². The van der Waals surface area contributed by atoms with Gasteiger partial charge in [-0.2, -0.15) is 0 Å². The third kappa shape index (κ3) is 2.79. The summed E-state index contributed by atoms with van der Waals surface area (Å²) < 4.78 is 2.19. The number of benzene rings is 1. The third-order valence-corrected chi connectivity index (χ3v) is 3.27. The first-order valence-electron chi connectivity index (χ1n) is 6.48. The largest absolute Gasteiger partial charge is 0.334 e. The fourth-order valence-electron chi connectivity index (χ4n) is 2.30. The van der Waals surface area contributed by atoms with E-state index in [1.54, 1.807) is 0 Å². The van der Waals surface area contributed by atoms with E-state index in [1.165, 1.54) is 11.1 Å². The van der Waals surface area contributed by atoms with Crippen LogP contribution >= 0.6 is 0 Å². The van der Waals surface area contributed by atoms with Gasteiger partial charge in [-0.1, -0.05) is 29.8 Å². The highest BCUT2D eigenvalue weighted by molar-refractivity contribution is 5.23. The second-order valence-electron chi connectivity index (χ2n) is 4.61. The maximum Gasteiger partial charge on any atom is 0.126 e. The van der Waals surface area contributed by atoms with E-state index >= 15 is 0 Å². The molecule has 0 aliphatic heterocycles. The first-order valence-corrected chi connectivity index (χ1v) is 6.48. The van der Waals surface area contributed by atoms with E-state index in [-0.39, 0.29) is 6.04 Å². The second kappa shape index (κ2) is 5.83. The Bertz CT molecular complexity index is 502. The lowest BCUT2D eigenvalue weighted by Crippen LogP contribution is -2.22. The van der Waals surface area contributed by atoms with E-state index in [2.05, 4.69) is 53.0 Å². The van der Waals surface area contributed by atoms with E-state index in [1.807, 2.05) is 19.4 Å². The molecule has 1 aromatic heterocycles. The molecule has 0 aliphatic carbocycles. The zero-order chi connectivity index (χ0) is 13.0. The van der Waals surface area contributed by atoms with Gasteiger partial charge in [0.05, 0.1) is 6.04 Å². The quantitative estimate of drug-likeness (QED) is 0.875. The number of nitrogens with one attached hydrogen (secondary N) is 1. The summed E-state index contributed by atoms with van der Waals surface area (Å²) in [4.78, 5) is 4.48. The van der Waals surface area contributed by atoms with Crippen LogP contribution in [0.2, 0.25) is 0 Å². The zero-order valence-corrected chi connectivity index (χ0v) is 11.4. The van der Waals surface area contributed by atoms with Crippen LogP contribution in [0.4, 0.5) is 0 Å². The van der Waals surface area contributed by atoms with Gasteiger partial charge in [-0.3, -0.25) is 0 Å². The Morgan fingerprint density at radius 3 is 2.89 bits per heavy atom. The lowest BCUT2D eigenvalue weighted by molar-refractivity contribution is 0.523. The highest BCUT2D eigenvalue weighted by Gasteiger charge is 2.15. The first kappa shape index (κ1) is 12.8. The summed E-state index contributed by atoms with van der Waals surface area (Å²) in [7, 11) is 2.00. The molecule has 0 radical (unpaired) electrons. The average Bonchev–Trinajstić information content (AvgIpc) is 2.84. The summed E-state index contributed by atoms with van der Waals surface area (Å²) in [6.45, 7) is 5.23. The van der Waals surface area contributed by atoms with Crippen molar-refractivity contribution in [3.8, 4) is 0 Å². The zero-order valence-electron chi connectivity index (χ0n) is 11.4. The lowest BCUT2D eigenvalue weighted by atomic mass is 10.0. The smallest absolute Gasteiger partial charge is 0.126 e. The molecule has 1 heterocycles. The molecule has 1 aromatic carbocycles. The van der Waals surface area contributed by atoms with E-state index in [4.69, 9.17) is 0 Å². The van der Waals surface area contributed by atoms with Gasteiger partial charge < -0.3 is 9.88 Å². The van der Waals surface area contributed by atoms with Crippen molar-refractivity contribution in [2.24, 2.45) is 0 Å². The highest BCUT2D eigenvalue weighted by atomic mass is 15.1. The van der Waals surface area contributed by atoms with Gasteiger partial charge >= 0.3 is 0 Å². The van der Waals surface area contributed by atoms with E-state index in [0.717, 1.165) is 18.8 Å². The number of rotatable bonds is 5. The Morgan fingerprint density at radius 2 is 2.22 bits per heavy atom. The molecule has 0 aliphatic rings. The number of hydrogen-bond acceptors (Lipinski definition) is 2. The van der Waals surface area contributed by atoms with Gasteiger partial charge in [0.15, 0.2) is 0 Å². The van der Waals surface area contributed by atoms with Crippen LogP contribution in [-0.2, 0) is 13.0 Å². The normalized spacial score (nSPS) is 12.6. The van der Waals surface area contributed by atoms with Crippen molar-refractivity contribution in [3.05, 3.63) is 53.6 Å². The Kier molecular flexibility index (Phi) is 4.15. The van der Waals surface area contributed by atoms with E-state index in [9.17, 15) is 0 Å². The number of aromatic nitrogens is 2. The van der Waals surface area contributed by atoms with Gasteiger partial charge in [-0.15, -0.1) is 0 Å². The molecule has 0 bridgehead atoms. The standard InChI is InChI=1S/C15H21N3/c1-4-18-9-8-17-15(18)14(16-3)11-13-7-5-6-12(2)10-13/h5-10,14,16H,4,11H2,1-3H3. The number of aryl methyl sites for hydroxylation is 2. The van der Waals surface area contributed by atoms with Crippen LogP contribution in [-0.4, -0.2) is 16.6 Å². The van der Waals surface area contributed by atoms with Crippen molar-refractivity contribution < 1.29 is 0 Å². The van der Waals surface area contributed by atoms with Gasteiger partial charge in [0.1, 0.15) is 5.82 Å². The predicted molar refractivity (Wildman–Crippen MR) is 74.6 cm³/mol. The van der Waals surface area contributed by atoms with Crippen LogP contribution < -0.4 is 5.32 Å². The Balaban J connectivity index is 2.20. The molecule has 0 spiro atoms. The number of imidazole rings is 1. The van der Waals surface area contributed by atoms with E-state index in [0.29, 0.717) is 0 Å². The number of nitrogens with zero attached hydrogens (tertiary/aromatic N) is 2. The Hall–Kier alpha value is -1.61. The molecule has 1 N–H and O–H groups in total. The molecular weight excluding hydrogens is 222 g/mol. The Labute approximate surface area is 109 Å². The van der Waals surface area contributed by atoms with E-state index < -0.39 is 0 Å². The molecule has 18 heavy (non-hydrogen) atoms. The highest BCUT2D eigenvalue weighted by Crippen LogP contribution is 2.17. The van der Waals surface area contributed by atoms with Gasteiger partial charge in [-0.05, 0) is 32.9 Å². The van der Waals surface area contributed by atoms with Crippen molar-refractivity contribution in [1.82, 2.24) is 14.9 Å². The summed E-state index contributed by atoms with van der Waals surface area (Å²) in [6.07, 6.45) is 4.88. The van der Waals surface area contributed by atoms with Crippen molar-refractivity contribution in [1.29, 1.82) is 0 Å². The number of likely N-dealkylation sites (N-methyl/N-ethyl adjacent to an activating group) is 1. The third-order valence-electron chi connectivity index (χ3n) is 3.27. The fraction of sp³-hybridized carbons (Fsp3) is 0.400. The van der Waals surface area contributed by atoms with Crippen LogP contribution in [0.5, 0.6) is 0 Å². The van der Waals surface area contributed by atoms with Gasteiger partial charge in [-0.25, -0.2) is 4.98 Å². The van der Waals surface area contributed by atoms with Gasteiger partial charge in [0.25, 0.3) is 0 Å². The monoisotopic (exact) mass is 243 g/mol. The molecule has 0 amide bonds. The molecule has 1 atom stereocenters. The molecule has 96 valence electrons. The van der Waals surface area contributed by atoms with Gasteiger partial charge in [0.2, 0.25) is 0 Å². The maximum atomic E-state index is 4.48. The van der Waals surface area contributed by atoms with Crippen LogP contribution in [0.25, 0.3) is 0 Å².